The van der Waals surface area contributed by atoms with E-state index < -0.39 is 0 Å². The van der Waals surface area contributed by atoms with Crippen LogP contribution in [-0.2, 0) is 0 Å². The standard InChI is InChI=1S/C14H19N3O.C3H8/c1-14(2)5-3-11-12(4-6-14)18-16-13(11)17-9-7-15-8-10-17;1-3-2/h3-6,15H,7-10H2,1-2H3;3H2,1-2H3. The fourth-order valence-corrected chi connectivity index (χ4v) is 2.33. The van der Waals surface area contributed by atoms with Crippen molar-refractivity contribution in [3.63, 3.8) is 0 Å². The van der Waals surface area contributed by atoms with Gasteiger partial charge in [0.05, 0.1) is 5.56 Å². The van der Waals surface area contributed by atoms with Crippen molar-refractivity contribution < 1.29 is 4.52 Å². The Hall–Kier alpha value is -1.55. The van der Waals surface area contributed by atoms with E-state index in [0.29, 0.717) is 0 Å². The van der Waals surface area contributed by atoms with Crippen LogP contribution in [0.3, 0.4) is 0 Å². The minimum absolute atomic E-state index is 0.0717. The van der Waals surface area contributed by atoms with Gasteiger partial charge in [0.1, 0.15) is 0 Å². The van der Waals surface area contributed by atoms with E-state index in [1.165, 1.54) is 6.42 Å². The second-order valence-corrected chi connectivity index (χ2v) is 6.22. The molecule has 0 bridgehead atoms. The lowest BCUT2D eigenvalue weighted by Gasteiger charge is -2.27. The molecule has 1 aromatic rings. The zero-order chi connectivity index (χ0) is 15.3. The van der Waals surface area contributed by atoms with Crippen molar-refractivity contribution in [2.24, 2.45) is 5.41 Å². The number of hydrogen-bond donors (Lipinski definition) is 1. The largest absolute Gasteiger partial charge is 0.354 e. The maximum absolute atomic E-state index is 5.46. The van der Waals surface area contributed by atoms with E-state index in [-0.39, 0.29) is 5.41 Å². The van der Waals surface area contributed by atoms with E-state index in [0.717, 1.165) is 43.3 Å². The number of piperazine rings is 1. The summed E-state index contributed by atoms with van der Waals surface area (Å²) in [6.07, 6.45) is 9.79. The summed E-state index contributed by atoms with van der Waals surface area (Å²) in [5, 5.41) is 7.58. The molecule has 4 nitrogen and oxygen atoms in total. The molecule has 0 aromatic carbocycles. The smallest absolute Gasteiger partial charge is 0.180 e. The highest BCUT2D eigenvalue weighted by Gasteiger charge is 2.22. The summed E-state index contributed by atoms with van der Waals surface area (Å²) in [7, 11) is 0. The van der Waals surface area contributed by atoms with E-state index in [1.807, 2.05) is 6.08 Å². The lowest BCUT2D eigenvalue weighted by molar-refractivity contribution is 0.409. The Kier molecular flexibility index (Phi) is 5.23. The Bertz CT molecular complexity index is 508. The van der Waals surface area contributed by atoms with Crippen LogP contribution in [0.1, 0.15) is 45.4 Å². The van der Waals surface area contributed by atoms with Crippen LogP contribution >= 0.6 is 0 Å². The van der Waals surface area contributed by atoms with Gasteiger partial charge >= 0.3 is 0 Å². The summed E-state index contributed by atoms with van der Waals surface area (Å²) >= 11 is 0. The molecule has 116 valence electrons. The number of allylic oxidation sites excluding steroid dienone is 2. The number of nitrogens with one attached hydrogen (secondary N) is 1. The fourth-order valence-electron chi connectivity index (χ4n) is 2.33. The highest BCUT2D eigenvalue weighted by atomic mass is 16.5. The molecular formula is C17H27N3O. The van der Waals surface area contributed by atoms with Gasteiger partial charge in [-0.25, -0.2) is 0 Å². The molecule has 1 saturated heterocycles. The zero-order valence-electron chi connectivity index (χ0n) is 13.6. The highest BCUT2D eigenvalue weighted by Crippen LogP contribution is 2.32. The van der Waals surface area contributed by atoms with Crippen LogP contribution in [0.5, 0.6) is 0 Å². The van der Waals surface area contributed by atoms with Gasteiger partial charge in [0.25, 0.3) is 0 Å². The molecule has 0 radical (unpaired) electrons. The van der Waals surface area contributed by atoms with Crippen molar-refractivity contribution in [3.8, 4) is 0 Å². The van der Waals surface area contributed by atoms with Crippen molar-refractivity contribution in [2.75, 3.05) is 31.1 Å². The molecule has 0 atom stereocenters. The molecule has 3 rings (SSSR count). The maximum atomic E-state index is 5.46. The monoisotopic (exact) mass is 289 g/mol. The van der Waals surface area contributed by atoms with Crippen molar-refractivity contribution in [1.29, 1.82) is 0 Å². The Labute approximate surface area is 127 Å². The predicted molar refractivity (Wildman–Crippen MR) is 89.4 cm³/mol. The summed E-state index contributed by atoms with van der Waals surface area (Å²) in [6.45, 7) is 12.6. The first-order valence-corrected chi connectivity index (χ1v) is 7.91. The van der Waals surface area contributed by atoms with Crippen molar-refractivity contribution in [2.45, 2.75) is 34.1 Å². The first kappa shape index (κ1) is 15.8. The molecule has 1 aliphatic carbocycles. The molecule has 4 heteroatoms. The lowest BCUT2D eigenvalue weighted by atomic mass is 9.93. The average Bonchev–Trinajstić information content (AvgIpc) is 2.81. The van der Waals surface area contributed by atoms with Gasteiger partial charge in [-0.05, 0) is 6.08 Å². The number of aromatic nitrogens is 1. The van der Waals surface area contributed by atoms with Gasteiger partial charge in [-0.2, -0.15) is 0 Å². The van der Waals surface area contributed by atoms with Crippen LogP contribution in [0.4, 0.5) is 5.82 Å². The third-order valence-corrected chi connectivity index (χ3v) is 3.50. The van der Waals surface area contributed by atoms with E-state index >= 15 is 0 Å². The van der Waals surface area contributed by atoms with E-state index in [4.69, 9.17) is 4.52 Å². The van der Waals surface area contributed by atoms with Gasteiger partial charge in [-0.1, -0.05) is 57.5 Å². The van der Waals surface area contributed by atoms with Crippen LogP contribution in [0.15, 0.2) is 16.7 Å². The summed E-state index contributed by atoms with van der Waals surface area (Å²) in [4.78, 5) is 2.29. The second kappa shape index (κ2) is 6.94. The molecule has 1 fully saturated rings. The van der Waals surface area contributed by atoms with Gasteiger partial charge in [0.15, 0.2) is 11.6 Å². The molecule has 0 saturated carbocycles. The zero-order valence-corrected chi connectivity index (χ0v) is 13.6. The Balaban J connectivity index is 0.000000497. The fraction of sp³-hybridized carbons (Fsp3) is 0.588. The summed E-state index contributed by atoms with van der Waals surface area (Å²) in [5.41, 5.74) is 1.18. The summed E-state index contributed by atoms with van der Waals surface area (Å²) in [5.74, 6) is 1.84. The van der Waals surface area contributed by atoms with Gasteiger partial charge in [0, 0.05) is 31.6 Å². The van der Waals surface area contributed by atoms with Crippen LogP contribution in [0.25, 0.3) is 12.2 Å². The lowest BCUT2D eigenvalue weighted by Crippen LogP contribution is -2.43. The van der Waals surface area contributed by atoms with E-state index in [2.05, 4.69) is 61.3 Å². The van der Waals surface area contributed by atoms with Crippen molar-refractivity contribution in [3.05, 3.63) is 23.5 Å². The van der Waals surface area contributed by atoms with Crippen LogP contribution in [-0.4, -0.2) is 31.3 Å². The van der Waals surface area contributed by atoms with Gasteiger partial charge < -0.3 is 14.7 Å². The number of fused-ring (bicyclic) bond motifs is 1. The summed E-state index contributed by atoms with van der Waals surface area (Å²) < 4.78 is 5.46. The molecule has 2 aliphatic rings. The first-order valence-electron chi connectivity index (χ1n) is 7.91. The number of nitrogens with zero attached hydrogens (tertiary/aromatic N) is 2. The van der Waals surface area contributed by atoms with Gasteiger partial charge in [-0.15, -0.1) is 0 Å². The molecular weight excluding hydrogens is 262 g/mol. The van der Waals surface area contributed by atoms with Crippen LogP contribution < -0.4 is 10.2 Å². The van der Waals surface area contributed by atoms with Crippen LogP contribution in [0.2, 0.25) is 0 Å². The van der Waals surface area contributed by atoms with Gasteiger partial charge in [0.2, 0.25) is 0 Å². The molecule has 0 amide bonds. The minimum atomic E-state index is 0.0717. The van der Waals surface area contributed by atoms with E-state index in [9.17, 15) is 0 Å². The topological polar surface area (TPSA) is 41.3 Å². The molecule has 1 aromatic heterocycles. The normalized spacial score (nSPS) is 19.5. The Morgan fingerprint density at radius 1 is 1.19 bits per heavy atom. The molecule has 2 heterocycles. The molecule has 0 unspecified atom stereocenters. The predicted octanol–water partition coefficient (Wildman–Crippen LogP) is 3.57. The first-order chi connectivity index (χ1) is 10.1. The average molecular weight is 289 g/mol. The van der Waals surface area contributed by atoms with Crippen molar-refractivity contribution in [1.82, 2.24) is 10.5 Å². The summed E-state index contributed by atoms with van der Waals surface area (Å²) in [6, 6.07) is 0. The SMILES string of the molecule is CC1(C)C=Cc2onc(N3CCNCC3)c2C=C1.CCC. The Morgan fingerprint density at radius 3 is 2.48 bits per heavy atom. The maximum Gasteiger partial charge on any atom is 0.180 e. The molecule has 1 aliphatic heterocycles. The van der Waals surface area contributed by atoms with E-state index in [1.54, 1.807) is 0 Å². The van der Waals surface area contributed by atoms with Gasteiger partial charge in [-0.3, -0.25) is 0 Å². The number of rotatable bonds is 1. The molecule has 0 spiro atoms. The third kappa shape index (κ3) is 3.97. The number of hydrogen-bond acceptors (Lipinski definition) is 4. The molecule has 1 N–H and O–H groups in total. The van der Waals surface area contributed by atoms with Crippen LogP contribution in [0, 0.1) is 5.41 Å². The quantitative estimate of drug-likeness (QED) is 0.858. The Morgan fingerprint density at radius 2 is 1.81 bits per heavy atom. The van der Waals surface area contributed by atoms with Crippen molar-refractivity contribution >= 4 is 18.0 Å². The number of anilines is 1. The minimum Gasteiger partial charge on any atom is -0.354 e. The molecule has 21 heavy (non-hydrogen) atoms. The second-order valence-electron chi connectivity index (χ2n) is 6.22. The highest BCUT2D eigenvalue weighted by molar-refractivity contribution is 5.73. The third-order valence-electron chi connectivity index (χ3n) is 3.50.